The number of piperidine rings is 2. The summed E-state index contributed by atoms with van der Waals surface area (Å²) in [6.07, 6.45) is 17.8. The Morgan fingerprint density at radius 3 is 1.38 bits per heavy atom. The lowest BCUT2D eigenvalue weighted by Gasteiger charge is -2.38. The first-order chi connectivity index (χ1) is 27.4. The summed E-state index contributed by atoms with van der Waals surface area (Å²) in [5, 5.41) is 5.35. The van der Waals surface area contributed by atoms with Gasteiger partial charge in [-0.3, -0.25) is 14.4 Å². The molecule has 2 saturated carbocycles. The molecule has 8 rings (SSSR count). The van der Waals surface area contributed by atoms with Crippen molar-refractivity contribution in [1.29, 1.82) is 0 Å². The largest absolute Gasteiger partial charge is 0.337 e. The number of hydrogen-bond donors (Lipinski definition) is 0. The maximum Gasteiger partial charge on any atom is 0.273 e. The van der Waals surface area contributed by atoms with Gasteiger partial charge >= 0.3 is 0 Å². The van der Waals surface area contributed by atoms with Crippen molar-refractivity contribution in [3.05, 3.63) is 81.8 Å². The molecule has 4 aliphatic rings. The molecule has 4 unspecified atom stereocenters. The quantitative estimate of drug-likeness (QED) is 0.160. The van der Waals surface area contributed by atoms with Crippen molar-refractivity contribution in [3.8, 4) is 21.1 Å². The molecule has 0 radical (unpaired) electrons. The van der Waals surface area contributed by atoms with E-state index in [0.29, 0.717) is 23.2 Å². The molecule has 0 spiro atoms. The molecule has 4 fully saturated rings. The molecule has 4 atom stereocenters. The van der Waals surface area contributed by atoms with Crippen LogP contribution in [0.1, 0.15) is 148 Å². The fraction of sp³-hybridized carbons (Fsp3) is 0.553. The Hall–Kier alpha value is -3.69. The molecule has 56 heavy (non-hydrogen) atoms. The average Bonchev–Trinajstić information content (AvgIpc) is 3.97. The van der Waals surface area contributed by atoms with Crippen LogP contribution in [0.25, 0.3) is 21.1 Å². The molecule has 2 aromatic heterocycles. The minimum Gasteiger partial charge on any atom is -0.337 e. The van der Waals surface area contributed by atoms with Crippen LogP contribution < -0.4 is 0 Å². The molecule has 7 nitrogen and oxygen atoms in total. The van der Waals surface area contributed by atoms with Gasteiger partial charge in [0, 0.05) is 59.9 Å². The molecule has 0 bridgehead atoms. The smallest absolute Gasteiger partial charge is 0.273 e. The molecule has 4 heterocycles. The second-order valence-corrected chi connectivity index (χ2v) is 18.9. The molecule has 4 aromatic rings. The Morgan fingerprint density at radius 1 is 0.554 bits per heavy atom. The summed E-state index contributed by atoms with van der Waals surface area (Å²) < 4.78 is 0. The Morgan fingerprint density at radius 2 is 0.946 bits per heavy atom. The number of aromatic nitrogens is 2. The number of amides is 2. The zero-order valence-corrected chi connectivity index (χ0v) is 34.9. The van der Waals surface area contributed by atoms with E-state index in [-0.39, 0.29) is 17.6 Å². The van der Waals surface area contributed by atoms with Gasteiger partial charge in [-0.05, 0) is 60.5 Å². The maximum atomic E-state index is 14.4. The number of carbonyl (C=O) groups is 3. The first-order valence-corrected chi connectivity index (χ1v) is 23.3. The number of Topliss-reactive ketones (excluding diaryl/α,β-unsaturated/α-hetero) is 1. The van der Waals surface area contributed by atoms with E-state index < -0.39 is 11.8 Å². The average molecular weight is 791 g/mol. The number of likely N-dealkylation sites (tertiary alicyclic amines) is 2. The van der Waals surface area contributed by atoms with Crippen LogP contribution in [0.5, 0.6) is 0 Å². The Bertz CT molecular complexity index is 1850. The first kappa shape index (κ1) is 39.2. The van der Waals surface area contributed by atoms with Crippen LogP contribution in [0.15, 0.2) is 59.3 Å². The van der Waals surface area contributed by atoms with Crippen LogP contribution in [-0.2, 0) is 4.79 Å². The van der Waals surface area contributed by atoms with E-state index in [1.54, 1.807) is 0 Å². The van der Waals surface area contributed by atoms with Crippen molar-refractivity contribution >= 4 is 40.3 Å². The van der Waals surface area contributed by atoms with E-state index >= 15 is 0 Å². The third kappa shape index (κ3) is 8.45. The molecule has 2 amide bonds. The number of hydrogen-bond acceptors (Lipinski definition) is 7. The second kappa shape index (κ2) is 17.8. The first-order valence-electron chi connectivity index (χ1n) is 21.6. The monoisotopic (exact) mass is 790 g/mol. The van der Waals surface area contributed by atoms with Crippen LogP contribution in [0.2, 0.25) is 0 Å². The minimum absolute atomic E-state index is 0.0338. The molecule has 9 heteroatoms. The predicted octanol–water partition coefficient (Wildman–Crippen LogP) is 11.3. The van der Waals surface area contributed by atoms with Gasteiger partial charge in [0.05, 0.1) is 0 Å². The summed E-state index contributed by atoms with van der Waals surface area (Å²) in [5.41, 5.74) is 4.67. The summed E-state index contributed by atoms with van der Waals surface area (Å²) in [5.74, 6) is 2.07. The van der Waals surface area contributed by atoms with Crippen molar-refractivity contribution in [2.45, 2.75) is 116 Å². The maximum absolute atomic E-state index is 14.4. The van der Waals surface area contributed by atoms with Crippen LogP contribution in [0.3, 0.4) is 0 Å². The molecule has 296 valence electrons. The molecule has 2 saturated heterocycles. The molecular formula is C47H58N4O3S2. The SMILES string of the molecule is CC(C(=O)C(C)c1ccccc1-c1nc(C(=O)N2CCCC(C3CCCCC3)C2)cs1)c1ccccc1-c1nc(C(=O)N2CCCC(C3CCCCC3)C2)cs1. The Labute approximate surface area is 341 Å². The van der Waals surface area contributed by atoms with Crippen LogP contribution >= 0.6 is 22.7 Å². The van der Waals surface area contributed by atoms with E-state index in [2.05, 4.69) is 0 Å². The third-order valence-electron chi connectivity index (χ3n) is 13.7. The van der Waals surface area contributed by atoms with Gasteiger partial charge in [0.25, 0.3) is 11.8 Å². The highest BCUT2D eigenvalue weighted by Gasteiger charge is 2.34. The van der Waals surface area contributed by atoms with Crippen LogP contribution in [0.4, 0.5) is 0 Å². The van der Waals surface area contributed by atoms with Crippen molar-refractivity contribution in [2.75, 3.05) is 26.2 Å². The molecule has 2 aliphatic heterocycles. The number of ketones is 1. The molecule has 2 aliphatic carbocycles. The van der Waals surface area contributed by atoms with Gasteiger partial charge in [-0.2, -0.15) is 0 Å². The fourth-order valence-corrected chi connectivity index (χ4v) is 12.2. The number of benzene rings is 2. The van der Waals surface area contributed by atoms with E-state index in [0.717, 1.165) is 83.1 Å². The summed E-state index contributed by atoms with van der Waals surface area (Å²) >= 11 is 2.97. The lowest BCUT2D eigenvalue weighted by Crippen LogP contribution is -2.42. The van der Waals surface area contributed by atoms with Gasteiger partial charge in [0.15, 0.2) is 0 Å². The second-order valence-electron chi connectivity index (χ2n) is 17.2. The summed E-state index contributed by atoms with van der Waals surface area (Å²) in [6, 6.07) is 16.0. The van der Waals surface area contributed by atoms with E-state index in [9.17, 15) is 14.4 Å². The van der Waals surface area contributed by atoms with Gasteiger partial charge in [0.2, 0.25) is 0 Å². The van der Waals surface area contributed by atoms with Crippen molar-refractivity contribution in [3.63, 3.8) is 0 Å². The standard InChI is InChI=1S/C47H58N4O3S2/c1-31(37-21-9-11-23-39(37)44-48-41(29-55-44)46(53)50-25-13-19-35(27-50)33-15-5-3-6-16-33)43(52)32(2)38-22-10-12-24-40(38)45-49-42(30-56-45)47(54)51-26-14-20-36(28-51)34-17-7-4-8-18-34/h9-12,21-24,29-36H,3-8,13-20,25-28H2,1-2H3. The lowest BCUT2D eigenvalue weighted by molar-refractivity contribution is -0.121. The summed E-state index contributed by atoms with van der Waals surface area (Å²) in [7, 11) is 0. The normalized spacial score (nSPS) is 22.5. The van der Waals surface area contributed by atoms with Gasteiger partial charge in [-0.1, -0.05) is 127 Å². The Balaban J connectivity index is 0.956. The van der Waals surface area contributed by atoms with E-state index in [4.69, 9.17) is 9.97 Å². The van der Waals surface area contributed by atoms with Crippen LogP contribution in [-0.4, -0.2) is 63.5 Å². The zero-order chi connectivity index (χ0) is 38.6. The minimum atomic E-state index is -0.403. The number of rotatable bonds is 10. The van der Waals surface area contributed by atoms with E-state index in [1.807, 2.05) is 82.9 Å². The topological polar surface area (TPSA) is 83.5 Å². The molecule has 0 N–H and O–H groups in total. The van der Waals surface area contributed by atoms with E-state index in [1.165, 1.54) is 99.7 Å². The van der Waals surface area contributed by atoms with Gasteiger partial charge in [-0.25, -0.2) is 9.97 Å². The van der Waals surface area contributed by atoms with Crippen molar-refractivity contribution in [2.24, 2.45) is 23.7 Å². The van der Waals surface area contributed by atoms with Gasteiger partial charge in [-0.15, -0.1) is 22.7 Å². The fourth-order valence-electron chi connectivity index (χ4n) is 10.5. The lowest BCUT2D eigenvalue weighted by atomic mass is 9.76. The van der Waals surface area contributed by atoms with Crippen molar-refractivity contribution in [1.82, 2.24) is 19.8 Å². The Kier molecular flexibility index (Phi) is 12.5. The summed E-state index contributed by atoms with van der Waals surface area (Å²) in [4.78, 5) is 55.9. The van der Waals surface area contributed by atoms with Crippen molar-refractivity contribution < 1.29 is 14.4 Å². The number of carbonyl (C=O) groups excluding carboxylic acids is 3. The highest BCUT2D eigenvalue weighted by Crippen LogP contribution is 2.40. The molecular weight excluding hydrogens is 733 g/mol. The third-order valence-corrected chi connectivity index (χ3v) is 15.5. The van der Waals surface area contributed by atoms with Gasteiger partial charge < -0.3 is 9.80 Å². The van der Waals surface area contributed by atoms with Gasteiger partial charge in [0.1, 0.15) is 27.2 Å². The molecule has 2 aromatic carbocycles. The highest BCUT2D eigenvalue weighted by atomic mass is 32.1. The number of nitrogens with zero attached hydrogens (tertiary/aromatic N) is 4. The summed E-state index contributed by atoms with van der Waals surface area (Å²) in [6.45, 7) is 7.25. The number of thiazole rings is 2. The predicted molar refractivity (Wildman–Crippen MR) is 227 cm³/mol. The zero-order valence-electron chi connectivity index (χ0n) is 33.3. The van der Waals surface area contributed by atoms with Crippen LogP contribution in [0, 0.1) is 23.7 Å². The highest BCUT2D eigenvalue weighted by molar-refractivity contribution is 7.13.